The molecule has 0 heterocycles. The van der Waals surface area contributed by atoms with Gasteiger partial charge in [0, 0.05) is 18.3 Å². The fraction of sp³-hybridized carbons (Fsp3) is 0.467. The van der Waals surface area contributed by atoms with Gasteiger partial charge in [0.25, 0.3) is 0 Å². The summed E-state index contributed by atoms with van der Waals surface area (Å²) in [6, 6.07) is 6.25. The van der Waals surface area contributed by atoms with Crippen molar-refractivity contribution in [2.45, 2.75) is 13.0 Å². The summed E-state index contributed by atoms with van der Waals surface area (Å²) in [5, 5.41) is 3.46. The molecule has 0 fully saturated rings. The van der Waals surface area contributed by atoms with E-state index in [0.717, 1.165) is 29.5 Å². The minimum Gasteiger partial charge on any atom is -0.493 e. The Morgan fingerprint density at radius 3 is 2.68 bits per heavy atom. The molecule has 0 aliphatic heterocycles. The second-order valence-electron chi connectivity index (χ2n) is 4.05. The van der Waals surface area contributed by atoms with Gasteiger partial charge >= 0.3 is 0 Å². The summed E-state index contributed by atoms with van der Waals surface area (Å²) >= 11 is 1.76. The molecule has 4 heteroatoms. The molecule has 0 spiro atoms. The fourth-order valence-electron chi connectivity index (χ4n) is 1.72. The van der Waals surface area contributed by atoms with Crippen LogP contribution in [0.2, 0.25) is 0 Å². The van der Waals surface area contributed by atoms with Crippen LogP contribution >= 0.6 is 11.8 Å². The minimum absolute atomic E-state index is 0.270. The third-order valence-electron chi connectivity index (χ3n) is 2.79. The maximum Gasteiger partial charge on any atom is 0.161 e. The average molecular weight is 279 g/mol. The quantitative estimate of drug-likeness (QED) is 0.585. The van der Waals surface area contributed by atoms with Gasteiger partial charge in [-0.25, -0.2) is 0 Å². The number of thioether (sulfide) groups is 1. The molecule has 0 saturated carbocycles. The van der Waals surface area contributed by atoms with E-state index in [2.05, 4.69) is 18.2 Å². The van der Waals surface area contributed by atoms with E-state index in [1.54, 1.807) is 26.0 Å². The summed E-state index contributed by atoms with van der Waals surface area (Å²) in [5.74, 6) is 5.92. The van der Waals surface area contributed by atoms with Crippen LogP contribution in [0.5, 0.6) is 11.5 Å². The van der Waals surface area contributed by atoms with E-state index in [9.17, 15) is 0 Å². The Kier molecular flexibility index (Phi) is 7.24. The van der Waals surface area contributed by atoms with Gasteiger partial charge in [0.1, 0.15) is 0 Å². The molecule has 0 aliphatic rings. The molecule has 19 heavy (non-hydrogen) atoms. The third kappa shape index (κ3) is 5.06. The van der Waals surface area contributed by atoms with E-state index in [1.165, 1.54) is 5.56 Å². The average Bonchev–Trinajstić information content (AvgIpc) is 2.46. The van der Waals surface area contributed by atoms with E-state index in [4.69, 9.17) is 15.9 Å². The van der Waals surface area contributed by atoms with Gasteiger partial charge in [-0.15, -0.1) is 18.2 Å². The van der Waals surface area contributed by atoms with Crippen molar-refractivity contribution in [3.63, 3.8) is 0 Å². The molecule has 1 atom stereocenters. The summed E-state index contributed by atoms with van der Waals surface area (Å²) in [4.78, 5) is 0. The number of rotatable bonds is 8. The van der Waals surface area contributed by atoms with Gasteiger partial charge in [-0.05, 0) is 24.6 Å². The molecule has 0 bridgehead atoms. The lowest BCUT2D eigenvalue weighted by Crippen LogP contribution is -2.21. The highest BCUT2D eigenvalue weighted by Crippen LogP contribution is 2.29. The van der Waals surface area contributed by atoms with Crippen LogP contribution in [0.4, 0.5) is 0 Å². The van der Waals surface area contributed by atoms with Crippen LogP contribution < -0.4 is 14.8 Å². The maximum absolute atomic E-state index is 5.31. The Balaban J connectivity index is 2.52. The zero-order chi connectivity index (χ0) is 14.1. The third-order valence-corrected chi connectivity index (χ3v) is 3.65. The summed E-state index contributed by atoms with van der Waals surface area (Å²) in [6.45, 7) is 3.06. The van der Waals surface area contributed by atoms with Crippen molar-refractivity contribution in [2.75, 3.05) is 32.3 Å². The molecule has 1 unspecified atom stereocenters. The van der Waals surface area contributed by atoms with Gasteiger partial charge in [-0.2, -0.15) is 0 Å². The molecular formula is C15H21NO2S. The van der Waals surface area contributed by atoms with Gasteiger partial charge in [0.15, 0.2) is 11.5 Å². The molecule has 0 saturated heterocycles. The Hall–Kier alpha value is -1.31. The molecule has 0 aliphatic carbocycles. The molecule has 0 amide bonds. The first-order chi connectivity index (χ1) is 9.22. The Bertz CT molecular complexity index is 429. The summed E-state index contributed by atoms with van der Waals surface area (Å²) < 4.78 is 10.5. The summed E-state index contributed by atoms with van der Waals surface area (Å²) in [7, 11) is 3.29. The van der Waals surface area contributed by atoms with E-state index in [1.807, 2.05) is 18.2 Å². The highest BCUT2D eigenvalue weighted by molar-refractivity contribution is 7.99. The molecule has 1 N–H and O–H groups in total. The van der Waals surface area contributed by atoms with E-state index >= 15 is 0 Å². The van der Waals surface area contributed by atoms with Crippen LogP contribution in [-0.2, 0) is 0 Å². The van der Waals surface area contributed by atoms with Crippen LogP contribution in [-0.4, -0.2) is 32.3 Å². The topological polar surface area (TPSA) is 30.5 Å². The standard InChI is InChI=1S/C15H21NO2S/c1-5-9-19-10-8-16-12(2)13-6-7-14(17-3)15(11-13)18-4/h1,6-7,11-12,16H,8-10H2,2-4H3. The molecule has 1 rings (SSSR count). The monoisotopic (exact) mass is 279 g/mol. The molecule has 104 valence electrons. The van der Waals surface area contributed by atoms with Crippen LogP contribution in [0.25, 0.3) is 0 Å². The van der Waals surface area contributed by atoms with Gasteiger partial charge in [-0.1, -0.05) is 12.0 Å². The number of hydrogen-bond acceptors (Lipinski definition) is 4. The van der Waals surface area contributed by atoms with Crippen molar-refractivity contribution in [1.29, 1.82) is 0 Å². The van der Waals surface area contributed by atoms with Crippen molar-refractivity contribution in [2.24, 2.45) is 0 Å². The van der Waals surface area contributed by atoms with E-state index in [-0.39, 0.29) is 6.04 Å². The first-order valence-corrected chi connectivity index (χ1v) is 7.35. The first kappa shape index (κ1) is 15.7. The smallest absolute Gasteiger partial charge is 0.161 e. The molecule has 0 radical (unpaired) electrons. The van der Waals surface area contributed by atoms with Gasteiger partial charge in [0.2, 0.25) is 0 Å². The van der Waals surface area contributed by atoms with Crippen molar-refractivity contribution >= 4 is 11.8 Å². The zero-order valence-electron chi connectivity index (χ0n) is 11.7. The maximum atomic E-state index is 5.31. The van der Waals surface area contributed by atoms with Crippen molar-refractivity contribution in [3.8, 4) is 23.8 Å². The van der Waals surface area contributed by atoms with Gasteiger partial charge in [0.05, 0.1) is 20.0 Å². The zero-order valence-corrected chi connectivity index (χ0v) is 12.5. The Morgan fingerprint density at radius 1 is 1.32 bits per heavy atom. The second-order valence-corrected chi connectivity index (χ2v) is 5.15. The highest BCUT2D eigenvalue weighted by Gasteiger charge is 2.09. The van der Waals surface area contributed by atoms with Gasteiger partial charge in [-0.3, -0.25) is 0 Å². The molecule has 1 aromatic carbocycles. The summed E-state index contributed by atoms with van der Waals surface area (Å²) in [5.41, 5.74) is 1.18. The number of nitrogens with one attached hydrogen (secondary N) is 1. The molecule has 3 nitrogen and oxygen atoms in total. The number of hydrogen-bond donors (Lipinski definition) is 1. The van der Waals surface area contributed by atoms with Crippen molar-refractivity contribution < 1.29 is 9.47 Å². The van der Waals surface area contributed by atoms with E-state index < -0.39 is 0 Å². The van der Waals surface area contributed by atoms with Crippen LogP contribution in [0.15, 0.2) is 18.2 Å². The Labute approximate surface area is 120 Å². The number of terminal acetylenes is 1. The largest absolute Gasteiger partial charge is 0.493 e. The molecule has 1 aromatic rings. The molecular weight excluding hydrogens is 258 g/mol. The lowest BCUT2D eigenvalue weighted by atomic mass is 10.1. The predicted molar refractivity (Wildman–Crippen MR) is 82.1 cm³/mol. The Morgan fingerprint density at radius 2 is 2.05 bits per heavy atom. The number of methoxy groups -OCH3 is 2. The van der Waals surface area contributed by atoms with E-state index in [0.29, 0.717) is 0 Å². The normalized spacial score (nSPS) is 11.7. The second kappa shape index (κ2) is 8.73. The van der Waals surface area contributed by atoms with Crippen molar-refractivity contribution in [3.05, 3.63) is 23.8 Å². The minimum atomic E-state index is 0.270. The number of ether oxygens (including phenoxy) is 2. The van der Waals surface area contributed by atoms with Gasteiger partial charge < -0.3 is 14.8 Å². The van der Waals surface area contributed by atoms with Crippen LogP contribution in [0.1, 0.15) is 18.5 Å². The highest BCUT2D eigenvalue weighted by atomic mass is 32.2. The molecule has 0 aromatic heterocycles. The SMILES string of the molecule is C#CCSCCNC(C)c1ccc(OC)c(OC)c1. The van der Waals surface area contributed by atoms with Crippen LogP contribution in [0, 0.1) is 12.3 Å². The fourth-order valence-corrected chi connectivity index (χ4v) is 2.24. The lowest BCUT2D eigenvalue weighted by Gasteiger charge is -2.16. The lowest BCUT2D eigenvalue weighted by molar-refractivity contribution is 0.354. The summed E-state index contributed by atoms with van der Waals surface area (Å²) in [6.07, 6.45) is 5.20. The first-order valence-electron chi connectivity index (χ1n) is 6.19. The van der Waals surface area contributed by atoms with Crippen molar-refractivity contribution in [1.82, 2.24) is 5.32 Å². The number of benzene rings is 1. The predicted octanol–water partition coefficient (Wildman–Crippen LogP) is 2.72. The van der Waals surface area contributed by atoms with Crippen LogP contribution in [0.3, 0.4) is 0 Å².